The molecule has 1 aromatic rings. The maximum Gasteiger partial charge on any atom is 0.328 e. The zero-order valence-corrected chi connectivity index (χ0v) is 13.0. The van der Waals surface area contributed by atoms with E-state index in [1.807, 2.05) is 13.8 Å². The first-order valence-corrected chi connectivity index (χ1v) is 7.01. The Morgan fingerprint density at radius 3 is 2.36 bits per heavy atom. The fraction of sp³-hybridized carbons (Fsp3) is 0.438. The van der Waals surface area contributed by atoms with Gasteiger partial charge >= 0.3 is 5.97 Å². The summed E-state index contributed by atoms with van der Waals surface area (Å²) in [6, 6.07) is 5.71. The lowest BCUT2D eigenvalue weighted by Crippen LogP contribution is -2.44. The van der Waals surface area contributed by atoms with Gasteiger partial charge < -0.3 is 14.8 Å². The van der Waals surface area contributed by atoms with Crippen molar-refractivity contribution in [2.24, 2.45) is 5.92 Å². The Hall–Kier alpha value is -2.37. The molecule has 0 heterocycles. The van der Waals surface area contributed by atoms with Crippen molar-refractivity contribution in [2.45, 2.75) is 26.3 Å². The summed E-state index contributed by atoms with van der Waals surface area (Å²) in [5.74, 6) is -0.173. The number of hydrogen-bond donors (Lipinski definition) is 1. The Bertz CT molecular complexity index is 510. The van der Waals surface area contributed by atoms with Gasteiger partial charge in [-0.2, -0.15) is 0 Å². The molecule has 1 atom stereocenters. The fourth-order valence-electron chi connectivity index (χ4n) is 1.86. The third-order valence-electron chi connectivity index (χ3n) is 2.91. The molecule has 120 valence electrons. The highest BCUT2D eigenvalue weighted by molar-refractivity contribution is 5.85. The van der Waals surface area contributed by atoms with Crippen molar-refractivity contribution in [3.8, 4) is 5.75 Å². The number of benzene rings is 1. The number of aldehydes is 1. The van der Waals surface area contributed by atoms with Crippen LogP contribution in [-0.2, 0) is 14.3 Å². The Morgan fingerprint density at radius 2 is 1.86 bits per heavy atom. The molecular weight excluding hydrogens is 286 g/mol. The molecule has 6 nitrogen and oxygen atoms in total. The normalized spacial score (nSPS) is 11.6. The summed E-state index contributed by atoms with van der Waals surface area (Å²) in [5, 5.41) is 2.60. The number of carbonyl (C=O) groups excluding carboxylic acids is 3. The van der Waals surface area contributed by atoms with Gasteiger partial charge in [0.15, 0.2) is 6.61 Å². The minimum atomic E-state index is -0.682. The number of carbonyl (C=O) groups is 3. The van der Waals surface area contributed by atoms with Gasteiger partial charge in [0.25, 0.3) is 5.91 Å². The summed E-state index contributed by atoms with van der Waals surface area (Å²) >= 11 is 0. The van der Waals surface area contributed by atoms with Crippen molar-refractivity contribution in [3.63, 3.8) is 0 Å². The summed E-state index contributed by atoms with van der Waals surface area (Å²) in [6.45, 7) is 3.69. The Labute approximate surface area is 129 Å². The first-order chi connectivity index (χ1) is 10.5. The minimum absolute atomic E-state index is 0.216. The van der Waals surface area contributed by atoms with Gasteiger partial charge in [-0.05, 0) is 36.6 Å². The molecule has 0 aliphatic rings. The van der Waals surface area contributed by atoms with Crippen LogP contribution in [0.2, 0.25) is 0 Å². The molecule has 0 fully saturated rings. The van der Waals surface area contributed by atoms with Crippen LogP contribution >= 0.6 is 0 Å². The van der Waals surface area contributed by atoms with Gasteiger partial charge in [-0.3, -0.25) is 9.59 Å². The maximum absolute atomic E-state index is 11.9. The molecule has 0 aliphatic heterocycles. The van der Waals surface area contributed by atoms with E-state index < -0.39 is 17.9 Å². The van der Waals surface area contributed by atoms with Crippen LogP contribution in [0.5, 0.6) is 5.75 Å². The van der Waals surface area contributed by atoms with Gasteiger partial charge in [-0.25, -0.2) is 4.79 Å². The molecule has 1 aromatic carbocycles. The monoisotopic (exact) mass is 307 g/mol. The number of nitrogens with one attached hydrogen (secondary N) is 1. The fourth-order valence-corrected chi connectivity index (χ4v) is 1.86. The van der Waals surface area contributed by atoms with E-state index in [1.54, 1.807) is 24.3 Å². The molecule has 22 heavy (non-hydrogen) atoms. The van der Waals surface area contributed by atoms with Crippen molar-refractivity contribution in [1.29, 1.82) is 0 Å². The van der Waals surface area contributed by atoms with Crippen LogP contribution in [0, 0.1) is 5.92 Å². The second kappa shape index (κ2) is 8.81. The Morgan fingerprint density at radius 1 is 1.23 bits per heavy atom. The number of methoxy groups -OCH3 is 1. The Kier molecular flexibility index (Phi) is 7.08. The first kappa shape index (κ1) is 17.7. The van der Waals surface area contributed by atoms with Crippen LogP contribution < -0.4 is 10.1 Å². The summed E-state index contributed by atoms with van der Waals surface area (Å²) in [6.07, 6.45) is 1.22. The van der Waals surface area contributed by atoms with Crippen LogP contribution in [0.25, 0.3) is 0 Å². The van der Waals surface area contributed by atoms with Crippen molar-refractivity contribution >= 4 is 18.2 Å². The molecule has 0 saturated heterocycles. The van der Waals surface area contributed by atoms with Crippen LogP contribution in [0.3, 0.4) is 0 Å². The zero-order valence-electron chi connectivity index (χ0n) is 13.0. The van der Waals surface area contributed by atoms with Crippen LogP contribution in [0.1, 0.15) is 30.6 Å². The van der Waals surface area contributed by atoms with Crippen molar-refractivity contribution < 1.29 is 23.9 Å². The predicted molar refractivity (Wildman–Crippen MR) is 80.7 cm³/mol. The van der Waals surface area contributed by atoms with Gasteiger partial charge in [0.2, 0.25) is 0 Å². The van der Waals surface area contributed by atoms with E-state index in [4.69, 9.17) is 4.74 Å². The molecule has 1 N–H and O–H groups in total. The van der Waals surface area contributed by atoms with Gasteiger partial charge in [-0.15, -0.1) is 0 Å². The van der Waals surface area contributed by atoms with E-state index in [1.165, 1.54) is 7.11 Å². The lowest BCUT2D eigenvalue weighted by molar-refractivity contribution is -0.145. The van der Waals surface area contributed by atoms with Crippen LogP contribution in [-0.4, -0.2) is 37.9 Å². The van der Waals surface area contributed by atoms with Crippen LogP contribution in [0.15, 0.2) is 24.3 Å². The molecule has 0 aliphatic carbocycles. The average molecular weight is 307 g/mol. The summed E-state index contributed by atoms with van der Waals surface area (Å²) in [5.41, 5.74) is 0.527. The molecule has 0 aromatic heterocycles. The number of hydrogen-bond acceptors (Lipinski definition) is 5. The van der Waals surface area contributed by atoms with E-state index in [0.717, 1.165) is 6.29 Å². The van der Waals surface area contributed by atoms with Crippen molar-refractivity contribution in [2.75, 3.05) is 13.7 Å². The average Bonchev–Trinajstić information content (AvgIpc) is 2.51. The van der Waals surface area contributed by atoms with E-state index >= 15 is 0 Å². The highest BCUT2D eigenvalue weighted by Gasteiger charge is 2.22. The number of rotatable bonds is 8. The zero-order chi connectivity index (χ0) is 16.5. The Balaban J connectivity index is 2.51. The number of ether oxygens (including phenoxy) is 2. The molecule has 0 radical (unpaired) electrons. The van der Waals surface area contributed by atoms with Crippen molar-refractivity contribution in [3.05, 3.63) is 29.8 Å². The molecule has 1 rings (SSSR count). The number of esters is 1. The molecule has 0 spiro atoms. The molecule has 0 saturated carbocycles. The smallest absolute Gasteiger partial charge is 0.328 e. The number of amides is 1. The van der Waals surface area contributed by atoms with Gasteiger partial charge in [0.05, 0.1) is 7.11 Å². The summed E-state index contributed by atoms with van der Waals surface area (Å²) in [7, 11) is 1.28. The minimum Gasteiger partial charge on any atom is -0.484 e. The molecule has 0 bridgehead atoms. The SMILES string of the molecule is COC(=O)C(CC(C)C)NC(=O)COc1ccc(C=O)cc1. The second-order valence-electron chi connectivity index (χ2n) is 5.25. The van der Waals surface area contributed by atoms with Crippen LogP contribution in [0.4, 0.5) is 0 Å². The quantitative estimate of drug-likeness (QED) is 0.582. The third kappa shape index (κ3) is 5.95. The lowest BCUT2D eigenvalue weighted by atomic mass is 10.0. The molecule has 1 unspecified atom stereocenters. The van der Waals surface area contributed by atoms with Crippen molar-refractivity contribution in [1.82, 2.24) is 5.32 Å². The summed E-state index contributed by atoms with van der Waals surface area (Å²) < 4.78 is 9.98. The van der Waals surface area contributed by atoms with Gasteiger partial charge in [0, 0.05) is 5.56 Å². The van der Waals surface area contributed by atoms with E-state index in [9.17, 15) is 14.4 Å². The predicted octanol–water partition coefficient (Wildman–Crippen LogP) is 1.58. The second-order valence-corrected chi connectivity index (χ2v) is 5.25. The molecular formula is C16H21NO5. The standard InChI is InChI=1S/C16H21NO5/c1-11(2)8-14(16(20)21-3)17-15(19)10-22-13-6-4-12(9-18)5-7-13/h4-7,9,11,14H,8,10H2,1-3H3,(H,17,19). The first-order valence-electron chi connectivity index (χ1n) is 7.01. The highest BCUT2D eigenvalue weighted by Crippen LogP contribution is 2.11. The third-order valence-corrected chi connectivity index (χ3v) is 2.91. The van der Waals surface area contributed by atoms with Gasteiger partial charge in [-0.1, -0.05) is 13.8 Å². The van der Waals surface area contributed by atoms with E-state index in [0.29, 0.717) is 17.7 Å². The van der Waals surface area contributed by atoms with Gasteiger partial charge in [0.1, 0.15) is 18.1 Å². The lowest BCUT2D eigenvalue weighted by Gasteiger charge is -2.18. The summed E-state index contributed by atoms with van der Waals surface area (Å²) in [4.78, 5) is 34.0. The maximum atomic E-state index is 11.9. The topological polar surface area (TPSA) is 81.7 Å². The molecule has 1 amide bonds. The van der Waals surface area contributed by atoms with E-state index in [2.05, 4.69) is 10.1 Å². The van der Waals surface area contributed by atoms with E-state index in [-0.39, 0.29) is 12.5 Å². The molecule has 6 heteroatoms. The largest absolute Gasteiger partial charge is 0.484 e. The highest BCUT2D eigenvalue weighted by atomic mass is 16.5.